The van der Waals surface area contributed by atoms with Gasteiger partial charge in [-0.05, 0) is 18.6 Å². The minimum absolute atomic E-state index is 0.0113. The molecule has 5 nitrogen and oxygen atoms in total. The fourth-order valence-corrected chi connectivity index (χ4v) is 1.41. The number of phenols is 1. The van der Waals surface area contributed by atoms with Gasteiger partial charge < -0.3 is 20.9 Å². The SMILES string of the molecule is CCC[C@@H](N)C(=O)Nc1cc(OC)ccc1O. The lowest BCUT2D eigenvalue weighted by molar-refractivity contribution is -0.117. The molecule has 4 N–H and O–H groups in total. The monoisotopic (exact) mass is 238 g/mol. The van der Waals surface area contributed by atoms with Gasteiger partial charge in [0.1, 0.15) is 11.5 Å². The number of hydrogen-bond donors (Lipinski definition) is 3. The predicted molar refractivity (Wildman–Crippen MR) is 66.2 cm³/mol. The Hall–Kier alpha value is -1.75. The summed E-state index contributed by atoms with van der Waals surface area (Å²) >= 11 is 0. The molecule has 0 fully saturated rings. The first kappa shape index (κ1) is 13.3. The molecule has 0 spiro atoms. The van der Waals surface area contributed by atoms with Gasteiger partial charge in [-0.1, -0.05) is 13.3 Å². The standard InChI is InChI=1S/C12H18N2O3/c1-3-4-9(13)12(16)14-10-7-8(17-2)5-6-11(10)15/h5-7,9,15H,3-4,13H2,1-2H3,(H,14,16)/t9-/m1/s1. The maximum Gasteiger partial charge on any atom is 0.241 e. The van der Waals surface area contributed by atoms with Crippen molar-refractivity contribution in [1.29, 1.82) is 0 Å². The first-order valence-electron chi connectivity index (χ1n) is 5.52. The molecule has 1 atom stereocenters. The van der Waals surface area contributed by atoms with Gasteiger partial charge in [0, 0.05) is 6.07 Å². The lowest BCUT2D eigenvalue weighted by atomic mass is 10.1. The largest absolute Gasteiger partial charge is 0.506 e. The Morgan fingerprint density at radius 3 is 2.88 bits per heavy atom. The van der Waals surface area contributed by atoms with Crippen molar-refractivity contribution in [2.75, 3.05) is 12.4 Å². The number of phenolic OH excluding ortho intramolecular Hbond substituents is 1. The van der Waals surface area contributed by atoms with Crippen LogP contribution in [0.25, 0.3) is 0 Å². The van der Waals surface area contributed by atoms with Crippen molar-refractivity contribution in [3.05, 3.63) is 18.2 Å². The molecule has 0 saturated heterocycles. The number of rotatable bonds is 5. The average Bonchev–Trinajstić information content (AvgIpc) is 2.32. The Labute approximate surface area is 101 Å². The van der Waals surface area contributed by atoms with E-state index in [0.29, 0.717) is 17.9 Å². The molecule has 0 aliphatic carbocycles. The van der Waals surface area contributed by atoms with Gasteiger partial charge in [-0.25, -0.2) is 0 Å². The van der Waals surface area contributed by atoms with E-state index in [1.807, 2.05) is 6.92 Å². The van der Waals surface area contributed by atoms with E-state index in [4.69, 9.17) is 10.5 Å². The van der Waals surface area contributed by atoms with Crippen molar-refractivity contribution in [1.82, 2.24) is 0 Å². The maximum absolute atomic E-state index is 11.7. The highest BCUT2D eigenvalue weighted by atomic mass is 16.5. The third-order valence-electron chi connectivity index (χ3n) is 2.40. The summed E-state index contributed by atoms with van der Waals surface area (Å²) in [5.41, 5.74) is 5.98. The van der Waals surface area contributed by atoms with Gasteiger partial charge in [0.2, 0.25) is 5.91 Å². The summed E-state index contributed by atoms with van der Waals surface area (Å²) in [6.45, 7) is 1.95. The van der Waals surface area contributed by atoms with Crippen LogP contribution in [0.2, 0.25) is 0 Å². The lowest BCUT2D eigenvalue weighted by Gasteiger charge is -2.13. The molecule has 5 heteroatoms. The third-order valence-corrected chi connectivity index (χ3v) is 2.40. The summed E-state index contributed by atoms with van der Waals surface area (Å²) < 4.78 is 5.01. The lowest BCUT2D eigenvalue weighted by Crippen LogP contribution is -2.35. The number of nitrogens with two attached hydrogens (primary N) is 1. The molecule has 0 bridgehead atoms. The van der Waals surface area contributed by atoms with Crippen LogP contribution in [-0.4, -0.2) is 24.2 Å². The Bertz CT molecular complexity index is 393. The van der Waals surface area contributed by atoms with Crippen LogP contribution >= 0.6 is 0 Å². The predicted octanol–water partition coefficient (Wildman–Crippen LogP) is 1.47. The third kappa shape index (κ3) is 3.64. The molecule has 1 aromatic carbocycles. The van der Waals surface area contributed by atoms with Gasteiger partial charge in [-0.15, -0.1) is 0 Å². The van der Waals surface area contributed by atoms with Gasteiger partial charge in [-0.3, -0.25) is 4.79 Å². The number of aromatic hydroxyl groups is 1. The van der Waals surface area contributed by atoms with Crippen molar-refractivity contribution in [3.63, 3.8) is 0 Å². The number of carbonyl (C=O) groups excluding carboxylic acids is 1. The minimum atomic E-state index is -0.564. The second-order valence-corrected chi connectivity index (χ2v) is 3.77. The smallest absolute Gasteiger partial charge is 0.241 e. The quantitative estimate of drug-likeness (QED) is 0.678. The van der Waals surface area contributed by atoms with Crippen molar-refractivity contribution in [3.8, 4) is 11.5 Å². The van der Waals surface area contributed by atoms with E-state index in [2.05, 4.69) is 5.32 Å². The van der Waals surface area contributed by atoms with Crippen molar-refractivity contribution >= 4 is 11.6 Å². The molecule has 1 rings (SSSR count). The van der Waals surface area contributed by atoms with E-state index in [0.717, 1.165) is 6.42 Å². The van der Waals surface area contributed by atoms with Crippen LogP contribution in [0.4, 0.5) is 5.69 Å². The average molecular weight is 238 g/mol. The molecule has 0 radical (unpaired) electrons. The molecular weight excluding hydrogens is 220 g/mol. The molecule has 0 aliphatic rings. The summed E-state index contributed by atoms with van der Waals surface area (Å²) in [4.78, 5) is 11.7. The zero-order chi connectivity index (χ0) is 12.8. The van der Waals surface area contributed by atoms with Crippen molar-refractivity contribution < 1.29 is 14.6 Å². The topological polar surface area (TPSA) is 84.6 Å². The molecule has 0 aliphatic heterocycles. The first-order chi connectivity index (χ1) is 8.08. The van der Waals surface area contributed by atoms with E-state index in [-0.39, 0.29) is 11.7 Å². The highest BCUT2D eigenvalue weighted by molar-refractivity contribution is 5.96. The van der Waals surface area contributed by atoms with Crippen molar-refractivity contribution in [2.45, 2.75) is 25.8 Å². The summed E-state index contributed by atoms with van der Waals surface area (Å²) in [7, 11) is 1.51. The first-order valence-corrected chi connectivity index (χ1v) is 5.52. The summed E-state index contributed by atoms with van der Waals surface area (Å²) in [6.07, 6.45) is 1.44. The van der Waals surface area contributed by atoms with E-state index < -0.39 is 6.04 Å². The van der Waals surface area contributed by atoms with Crippen LogP contribution < -0.4 is 15.8 Å². The number of amides is 1. The molecule has 1 amide bonds. The molecule has 0 saturated carbocycles. The molecule has 94 valence electrons. The Morgan fingerprint density at radius 1 is 1.59 bits per heavy atom. The number of hydrogen-bond acceptors (Lipinski definition) is 4. The normalized spacial score (nSPS) is 11.9. The van der Waals surface area contributed by atoms with Gasteiger partial charge in [-0.2, -0.15) is 0 Å². The van der Waals surface area contributed by atoms with E-state index >= 15 is 0 Å². The zero-order valence-corrected chi connectivity index (χ0v) is 10.1. The molecule has 0 aromatic heterocycles. The second-order valence-electron chi connectivity index (χ2n) is 3.77. The minimum Gasteiger partial charge on any atom is -0.506 e. The van der Waals surface area contributed by atoms with Gasteiger partial charge >= 0.3 is 0 Å². The van der Waals surface area contributed by atoms with Crippen LogP contribution in [0.5, 0.6) is 11.5 Å². The maximum atomic E-state index is 11.7. The van der Waals surface area contributed by atoms with Crippen LogP contribution in [0.1, 0.15) is 19.8 Å². The molecule has 17 heavy (non-hydrogen) atoms. The van der Waals surface area contributed by atoms with E-state index in [1.54, 1.807) is 12.1 Å². The summed E-state index contributed by atoms with van der Waals surface area (Å²) in [5.74, 6) is 0.236. The van der Waals surface area contributed by atoms with E-state index in [9.17, 15) is 9.90 Å². The summed E-state index contributed by atoms with van der Waals surface area (Å²) in [5, 5.41) is 12.2. The molecule has 0 heterocycles. The van der Waals surface area contributed by atoms with Gasteiger partial charge in [0.25, 0.3) is 0 Å². The van der Waals surface area contributed by atoms with Crippen molar-refractivity contribution in [2.24, 2.45) is 5.73 Å². The number of carbonyl (C=O) groups is 1. The number of methoxy groups -OCH3 is 1. The molecule has 0 unspecified atom stereocenters. The number of nitrogens with one attached hydrogen (secondary N) is 1. The Balaban J connectivity index is 2.76. The number of benzene rings is 1. The van der Waals surface area contributed by atoms with Crippen LogP contribution in [-0.2, 0) is 4.79 Å². The highest BCUT2D eigenvalue weighted by Crippen LogP contribution is 2.27. The van der Waals surface area contributed by atoms with Crippen LogP contribution in [0.15, 0.2) is 18.2 Å². The fraction of sp³-hybridized carbons (Fsp3) is 0.417. The van der Waals surface area contributed by atoms with Gasteiger partial charge in [0.05, 0.1) is 18.8 Å². The fourth-order valence-electron chi connectivity index (χ4n) is 1.41. The molecule has 1 aromatic rings. The Kier molecular flexibility index (Phi) is 4.78. The summed E-state index contributed by atoms with van der Waals surface area (Å²) in [6, 6.07) is 4.05. The zero-order valence-electron chi connectivity index (χ0n) is 10.1. The Morgan fingerprint density at radius 2 is 2.29 bits per heavy atom. The number of ether oxygens (including phenoxy) is 1. The number of anilines is 1. The second kappa shape index (κ2) is 6.10. The highest BCUT2D eigenvalue weighted by Gasteiger charge is 2.14. The molecular formula is C12H18N2O3. The van der Waals surface area contributed by atoms with Crippen LogP contribution in [0.3, 0.4) is 0 Å². The van der Waals surface area contributed by atoms with Gasteiger partial charge in [0.15, 0.2) is 0 Å². The van der Waals surface area contributed by atoms with Crippen LogP contribution in [0, 0.1) is 0 Å². The van der Waals surface area contributed by atoms with E-state index in [1.165, 1.54) is 13.2 Å².